The number of para-hydroxylation sites is 5. The molecule has 8 aromatic heterocycles. The Labute approximate surface area is 702 Å². The second-order valence-electron chi connectivity index (χ2n) is 30.7. The van der Waals surface area contributed by atoms with Gasteiger partial charge in [-0.3, -0.25) is 13.7 Å². The first-order chi connectivity index (χ1) is 60.5. The van der Waals surface area contributed by atoms with E-state index in [0.29, 0.717) is 23.4 Å². The molecule has 24 aromatic rings. The maximum Gasteiger partial charge on any atom is 0.235 e. The summed E-state index contributed by atoms with van der Waals surface area (Å²) in [5.74, 6) is 4.22. The largest absolute Gasteiger partial charge is 0.309 e. The van der Waals surface area contributed by atoms with Gasteiger partial charge in [0, 0.05) is 87.5 Å². The molecule has 0 aliphatic rings. The minimum Gasteiger partial charge on any atom is -0.309 e. The number of pyridine rings is 2. The molecule has 0 spiro atoms. The summed E-state index contributed by atoms with van der Waals surface area (Å²) >= 11 is 0. The van der Waals surface area contributed by atoms with Crippen molar-refractivity contribution < 1.29 is 0 Å². The van der Waals surface area contributed by atoms with Crippen LogP contribution >= 0.6 is 0 Å². The zero-order chi connectivity index (χ0) is 80.6. The lowest BCUT2D eigenvalue weighted by atomic mass is 10.0. The van der Waals surface area contributed by atoms with Crippen LogP contribution in [0.3, 0.4) is 0 Å². The Bertz CT molecular complexity index is 7980. The summed E-state index contributed by atoms with van der Waals surface area (Å²) in [4.78, 5) is 36.8. The minimum atomic E-state index is 0.612. The Balaban J connectivity index is 0.000000142. The summed E-state index contributed by atoms with van der Waals surface area (Å²) < 4.78 is 9.35. The third-order valence-corrected chi connectivity index (χ3v) is 23.5. The minimum absolute atomic E-state index is 0.612. The van der Waals surface area contributed by atoms with Crippen molar-refractivity contribution in [2.24, 2.45) is 0 Å². The van der Waals surface area contributed by atoms with Crippen LogP contribution in [0.2, 0.25) is 0 Å². The first-order valence-corrected chi connectivity index (χ1v) is 41.1. The van der Waals surface area contributed by atoms with Gasteiger partial charge in [0.2, 0.25) is 5.95 Å². The Morgan fingerprint density at radius 2 is 0.516 bits per heavy atom. The van der Waals surface area contributed by atoms with E-state index in [1.165, 1.54) is 27.3 Å². The zero-order valence-electron chi connectivity index (χ0n) is 65.9. The molecular weight excluding hydrogens is 1490 g/mol. The highest BCUT2D eigenvalue weighted by Gasteiger charge is 2.27. The number of nitrogens with zero attached hydrogens (tertiary/aromatic N) is 11. The molecule has 11 heteroatoms. The van der Waals surface area contributed by atoms with Crippen LogP contribution in [0.5, 0.6) is 0 Å². The number of rotatable bonds is 13. The van der Waals surface area contributed by atoms with Crippen LogP contribution in [0, 0.1) is 0 Å². The third-order valence-electron chi connectivity index (χ3n) is 23.5. The lowest BCUT2D eigenvalue weighted by Crippen LogP contribution is -2.03. The van der Waals surface area contributed by atoms with Gasteiger partial charge in [0.05, 0.1) is 66.7 Å². The van der Waals surface area contributed by atoms with Crippen molar-refractivity contribution in [2.75, 3.05) is 0 Å². The molecule has 0 radical (unpaired) electrons. The molecular formula is C111H71N11. The fraction of sp³-hybridized carbons (Fsp3) is 0. The van der Waals surface area contributed by atoms with Gasteiger partial charge in [-0.1, -0.05) is 352 Å². The average Bonchev–Trinajstić information content (AvgIpc) is 1.55. The van der Waals surface area contributed by atoms with Gasteiger partial charge in [0.15, 0.2) is 17.5 Å². The van der Waals surface area contributed by atoms with Gasteiger partial charge < -0.3 is 4.57 Å². The smallest absolute Gasteiger partial charge is 0.235 e. The lowest BCUT2D eigenvalue weighted by Gasteiger charge is -2.14. The van der Waals surface area contributed by atoms with Crippen molar-refractivity contribution in [1.29, 1.82) is 0 Å². The molecule has 122 heavy (non-hydrogen) atoms. The Hall–Kier alpha value is -16.6. The van der Waals surface area contributed by atoms with Gasteiger partial charge in [0.25, 0.3) is 0 Å². The predicted molar refractivity (Wildman–Crippen MR) is 501 cm³/mol. The van der Waals surface area contributed by atoms with Crippen molar-refractivity contribution in [2.45, 2.75) is 0 Å². The topological polar surface area (TPSA) is 110 Å². The summed E-state index contributed by atoms with van der Waals surface area (Å²) in [5.41, 5.74) is 26.1. The fourth-order valence-electron chi connectivity index (χ4n) is 17.9. The van der Waals surface area contributed by atoms with Crippen LogP contribution in [0.4, 0.5) is 0 Å². The van der Waals surface area contributed by atoms with Crippen molar-refractivity contribution in [3.63, 3.8) is 0 Å². The first kappa shape index (κ1) is 70.8. The molecule has 11 nitrogen and oxygen atoms in total. The molecule has 0 atom stereocenters. The first-order valence-electron chi connectivity index (χ1n) is 41.1. The van der Waals surface area contributed by atoms with E-state index < -0.39 is 0 Å². The molecule has 0 unspecified atom stereocenters. The SMILES string of the molecule is c1ccc(-c2cc(-c3ccccc3)nc(-n3c4ccccc4c4ccc5c(c6ccccc6n5-c5cccc(-c6nc(-c7ccccc7)nc(-c7ccccc7)n6)c5)c43)c2)cc1.c1ccc(-c2ccc(-c3nc(-n4c5ccccc5c5c4ccc4c6ccccc6n(-c6cc(-c7ccccc7)cc(-c7ccccc7)n6)c45)nc4ccccc34)cc2)cc1. The van der Waals surface area contributed by atoms with Crippen molar-refractivity contribution >= 4 is 98.1 Å². The van der Waals surface area contributed by atoms with E-state index in [9.17, 15) is 0 Å². The van der Waals surface area contributed by atoms with Gasteiger partial charge in [-0.15, -0.1) is 0 Å². The van der Waals surface area contributed by atoms with Crippen LogP contribution < -0.4 is 0 Å². The molecule has 570 valence electrons. The Kier molecular flexibility index (Phi) is 17.3. The summed E-state index contributed by atoms with van der Waals surface area (Å²) in [6.45, 7) is 0. The molecule has 0 N–H and O–H groups in total. The van der Waals surface area contributed by atoms with E-state index in [1.54, 1.807) is 0 Å². The maximum absolute atomic E-state index is 5.46. The molecule has 0 aliphatic carbocycles. The van der Waals surface area contributed by atoms with Crippen molar-refractivity contribution in [3.8, 4) is 125 Å². The number of hydrogen-bond donors (Lipinski definition) is 0. The zero-order valence-corrected chi connectivity index (χ0v) is 65.9. The molecule has 0 saturated carbocycles. The van der Waals surface area contributed by atoms with Gasteiger partial charge in [-0.2, -0.15) is 0 Å². The van der Waals surface area contributed by atoms with Gasteiger partial charge >= 0.3 is 0 Å². The molecule has 16 aromatic carbocycles. The molecule has 0 bridgehead atoms. The number of aromatic nitrogens is 11. The molecule has 0 fully saturated rings. The number of benzene rings is 16. The van der Waals surface area contributed by atoms with Gasteiger partial charge in [0.1, 0.15) is 11.6 Å². The highest BCUT2D eigenvalue weighted by atomic mass is 15.2. The Morgan fingerprint density at radius 3 is 0.984 bits per heavy atom. The third kappa shape index (κ3) is 12.3. The summed E-state index contributed by atoms with van der Waals surface area (Å²) in [6.07, 6.45) is 0. The van der Waals surface area contributed by atoms with Crippen molar-refractivity contribution in [3.05, 3.63) is 431 Å². The second kappa shape index (κ2) is 29.8. The van der Waals surface area contributed by atoms with E-state index in [4.69, 9.17) is 34.9 Å². The quantitative estimate of drug-likeness (QED) is 0.113. The lowest BCUT2D eigenvalue weighted by molar-refractivity contribution is 1.01. The van der Waals surface area contributed by atoms with E-state index in [0.717, 1.165) is 172 Å². The van der Waals surface area contributed by atoms with E-state index in [-0.39, 0.29) is 0 Å². The highest BCUT2D eigenvalue weighted by Crippen LogP contribution is 2.46. The molecule has 8 heterocycles. The fourth-order valence-corrected chi connectivity index (χ4v) is 17.9. The Morgan fingerprint density at radius 1 is 0.172 bits per heavy atom. The maximum atomic E-state index is 5.46. The molecule has 0 saturated heterocycles. The van der Waals surface area contributed by atoms with E-state index in [2.05, 4.69) is 382 Å². The predicted octanol–water partition coefficient (Wildman–Crippen LogP) is 27.7. The molecule has 24 rings (SSSR count). The van der Waals surface area contributed by atoms with Gasteiger partial charge in [-0.05, 0) is 112 Å². The van der Waals surface area contributed by atoms with Crippen LogP contribution in [0.25, 0.3) is 223 Å². The summed E-state index contributed by atoms with van der Waals surface area (Å²) in [7, 11) is 0. The van der Waals surface area contributed by atoms with Crippen LogP contribution in [0.15, 0.2) is 431 Å². The monoisotopic (exact) mass is 1560 g/mol. The number of hydrogen-bond acceptors (Lipinski definition) is 7. The summed E-state index contributed by atoms with van der Waals surface area (Å²) in [6, 6.07) is 151. The van der Waals surface area contributed by atoms with Crippen LogP contribution in [-0.2, 0) is 0 Å². The van der Waals surface area contributed by atoms with E-state index >= 15 is 0 Å². The van der Waals surface area contributed by atoms with Crippen LogP contribution in [-0.4, -0.2) is 53.2 Å². The average molecular weight is 1560 g/mol. The highest BCUT2D eigenvalue weighted by molar-refractivity contribution is 6.28. The second-order valence-corrected chi connectivity index (χ2v) is 30.7. The van der Waals surface area contributed by atoms with Gasteiger partial charge in [-0.25, -0.2) is 34.9 Å². The normalized spacial score (nSPS) is 11.6. The number of fused-ring (bicyclic) bond motifs is 15. The van der Waals surface area contributed by atoms with Crippen molar-refractivity contribution in [1.82, 2.24) is 53.2 Å². The van der Waals surface area contributed by atoms with Crippen LogP contribution in [0.1, 0.15) is 0 Å². The molecule has 0 aliphatic heterocycles. The summed E-state index contributed by atoms with van der Waals surface area (Å²) in [5, 5.41) is 10.2. The molecule has 0 amide bonds. The van der Waals surface area contributed by atoms with E-state index in [1.807, 2.05) is 66.7 Å². The standard InChI is InChI=1S/C56H36N6.C55H35N5/c1-5-18-37(19-6-1)42-35-47(38-20-7-2-8-21-38)57-51(36-42)62-48-30-15-13-28-44(48)45-32-33-50-52(53(45)62)46-29-14-16-31-49(46)61(50)43-27-17-26-41(34-43)56-59-54(39-22-9-3-10-23-39)58-55(60-56)40-24-11-4-12-25-40;1-4-16-36(17-5-1)38-28-30-40(31-29-38)53-44-23-10-13-25-46(44)57-55(58-53)59-49-27-15-12-24-45(49)52-50(59)33-32-43-42-22-11-14-26-48(42)60(54(43)52)51-35-41(37-18-6-2-7-19-37)34-47(56-51)39-20-8-3-9-21-39/h1-36H;1-35H.